The minimum Gasteiger partial charge on any atom is -0.491 e. The van der Waals surface area contributed by atoms with Crippen molar-refractivity contribution in [3.05, 3.63) is 59.4 Å². The molecular formula is C21H24F4N2OS. The smallest absolute Gasteiger partial charge is 0.416 e. The van der Waals surface area contributed by atoms with Crippen LogP contribution in [0.3, 0.4) is 0 Å². The van der Waals surface area contributed by atoms with Crippen molar-refractivity contribution in [2.75, 3.05) is 13.1 Å². The molecule has 8 heteroatoms. The average Bonchev–Trinajstić information content (AvgIpc) is 3.07. The zero-order valence-electron chi connectivity index (χ0n) is 16.3. The van der Waals surface area contributed by atoms with E-state index in [4.69, 9.17) is 4.74 Å². The zero-order chi connectivity index (χ0) is 21.0. The highest BCUT2D eigenvalue weighted by molar-refractivity contribution is 7.97. The lowest BCUT2D eigenvalue weighted by Crippen LogP contribution is -2.28. The van der Waals surface area contributed by atoms with Gasteiger partial charge in [0.2, 0.25) is 0 Å². The van der Waals surface area contributed by atoms with Crippen molar-refractivity contribution >= 4 is 11.9 Å². The molecular weight excluding hydrogens is 404 g/mol. The molecule has 0 saturated carbocycles. The van der Waals surface area contributed by atoms with E-state index in [0.717, 1.165) is 55.9 Å². The number of nitrogens with zero attached hydrogens (tertiary/aromatic N) is 1. The summed E-state index contributed by atoms with van der Waals surface area (Å²) in [7, 11) is 0. The molecule has 3 rings (SSSR count). The number of alkyl halides is 3. The largest absolute Gasteiger partial charge is 0.491 e. The first-order valence-electron chi connectivity index (χ1n) is 9.47. The van der Waals surface area contributed by atoms with E-state index in [1.165, 1.54) is 5.56 Å². The maximum atomic E-state index is 13.5. The van der Waals surface area contributed by atoms with Crippen molar-refractivity contribution in [2.45, 2.75) is 50.0 Å². The molecule has 29 heavy (non-hydrogen) atoms. The van der Waals surface area contributed by atoms with Crippen LogP contribution in [0.25, 0.3) is 0 Å². The molecule has 2 aromatic rings. The van der Waals surface area contributed by atoms with Gasteiger partial charge in [0.1, 0.15) is 11.6 Å². The molecule has 158 valence electrons. The Hall–Kier alpha value is -1.77. The summed E-state index contributed by atoms with van der Waals surface area (Å²) in [5.41, 5.74) is 0.203. The van der Waals surface area contributed by atoms with Gasteiger partial charge in [-0.15, -0.1) is 0 Å². The molecule has 3 nitrogen and oxygen atoms in total. The van der Waals surface area contributed by atoms with Gasteiger partial charge in [-0.1, -0.05) is 12.1 Å². The van der Waals surface area contributed by atoms with E-state index >= 15 is 0 Å². The lowest BCUT2D eigenvalue weighted by atomic mass is 10.2. The highest BCUT2D eigenvalue weighted by Gasteiger charge is 2.31. The van der Waals surface area contributed by atoms with Crippen LogP contribution in [0.1, 0.15) is 31.4 Å². The topological polar surface area (TPSA) is 24.5 Å². The fraction of sp³-hybridized carbons (Fsp3) is 0.429. The molecule has 1 heterocycles. The first kappa shape index (κ1) is 21.9. The number of benzene rings is 2. The fourth-order valence-corrected chi connectivity index (χ4v) is 4.07. The van der Waals surface area contributed by atoms with E-state index in [1.807, 2.05) is 38.1 Å². The molecule has 0 aliphatic carbocycles. The van der Waals surface area contributed by atoms with Crippen LogP contribution in [-0.4, -0.2) is 30.1 Å². The monoisotopic (exact) mass is 428 g/mol. The Morgan fingerprint density at radius 2 is 1.90 bits per heavy atom. The van der Waals surface area contributed by atoms with Gasteiger partial charge in [0.25, 0.3) is 0 Å². The molecule has 1 N–H and O–H groups in total. The zero-order valence-corrected chi connectivity index (χ0v) is 17.1. The van der Waals surface area contributed by atoms with Crippen LogP contribution < -0.4 is 9.46 Å². The Labute approximate surface area is 172 Å². The Morgan fingerprint density at radius 3 is 2.55 bits per heavy atom. The summed E-state index contributed by atoms with van der Waals surface area (Å²) < 4.78 is 60.8. The summed E-state index contributed by atoms with van der Waals surface area (Å²) in [6, 6.07) is 10.7. The predicted octanol–water partition coefficient (Wildman–Crippen LogP) is 5.50. The number of hydrogen-bond acceptors (Lipinski definition) is 4. The molecule has 1 unspecified atom stereocenters. The van der Waals surface area contributed by atoms with E-state index in [1.54, 1.807) is 0 Å². The second-order valence-corrected chi connectivity index (χ2v) is 8.34. The van der Waals surface area contributed by atoms with Crippen molar-refractivity contribution in [1.82, 2.24) is 9.62 Å². The summed E-state index contributed by atoms with van der Waals surface area (Å²) >= 11 is 1.04. The summed E-state index contributed by atoms with van der Waals surface area (Å²) in [5, 5.41) is 0. The van der Waals surface area contributed by atoms with Gasteiger partial charge in [0.15, 0.2) is 0 Å². The third-order valence-corrected chi connectivity index (χ3v) is 5.44. The normalized spacial score (nSPS) is 17.8. The maximum absolute atomic E-state index is 13.5. The van der Waals surface area contributed by atoms with Crippen LogP contribution in [0.2, 0.25) is 0 Å². The van der Waals surface area contributed by atoms with E-state index in [-0.39, 0.29) is 17.0 Å². The van der Waals surface area contributed by atoms with E-state index in [2.05, 4.69) is 9.62 Å². The maximum Gasteiger partial charge on any atom is 0.416 e. The van der Waals surface area contributed by atoms with Crippen molar-refractivity contribution < 1.29 is 22.3 Å². The number of hydrogen-bond donors (Lipinski definition) is 1. The van der Waals surface area contributed by atoms with Crippen molar-refractivity contribution in [3.8, 4) is 5.75 Å². The van der Waals surface area contributed by atoms with Gasteiger partial charge in [0, 0.05) is 30.6 Å². The molecule has 0 amide bonds. The highest BCUT2D eigenvalue weighted by atomic mass is 32.2. The molecule has 0 radical (unpaired) electrons. The van der Waals surface area contributed by atoms with Crippen LogP contribution in [0.5, 0.6) is 5.75 Å². The van der Waals surface area contributed by atoms with Crippen molar-refractivity contribution in [1.29, 1.82) is 0 Å². The Kier molecular flexibility index (Phi) is 7.08. The lowest BCUT2D eigenvalue weighted by Gasteiger charge is -2.17. The summed E-state index contributed by atoms with van der Waals surface area (Å²) in [6.07, 6.45) is -3.55. The van der Waals surface area contributed by atoms with Gasteiger partial charge < -0.3 is 4.74 Å². The van der Waals surface area contributed by atoms with Crippen LogP contribution >= 0.6 is 11.9 Å². The van der Waals surface area contributed by atoms with Gasteiger partial charge in [-0.25, -0.2) is 4.39 Å². The van der Waals surface area contributed by atoms with Crippen LogP contribution in [0, 0.1) is 5.82 Å². The summed E-state index contributed by atoms with van der Waals surface area (Å²) in [5.74, 6) is -0.0449. The predicted molar refractivity (Wildman–Crippen MR) is 106 cm³/mol. The quantitative estimate of drug-likeness (QED) is 0.465. The third-order valence-electron chi connectivity index (χ3n) is 4.52. The minimum absolute atomic E-state index is 0.126. The fourth-order valence-electron chi connectivity index (χ4n) is 3.21. The standard InChI is InChI=1S/C21H24F4N2OS/c1-14(2)28-19-5-3-15(4-6-19)12-27-8-7-18(13-27)26-29-20-10-16(21(23,24)25)9-17(22)11-20/h3-6,9-11,14,18,26H,7-8,12-13H2,1-2H3. The molecule has 2 aromatic carbocycles. The molecule has 1 atom stereocenters. The number of halogens is 4. The van der Waals surface area contributed by atoms with Crippen LogP contribution in [0.15, 0.2) is 47.4 Å². The Morgan fingerprint density at radius 1 is 1.17 bits per heavy atom. The van der Waals surface area contributed by atoms with Gasteiger partial charge in [-0.3, -0.25) is 9.62 Å². The van der Waals surface area contributed by atoms with Crippen LogP contribution in [-0.2, 0) is 12.7 Å². The lowest BCUT2D eigenvalue weighted by molar-refractivity contribution is -0.137. The van der Waals surface area contributed by atoms with Crippen molar-refractivity contribution in [2.24, 2.45) is 0 Å². The molecule has 0 aromatic heterocycles. The number of rotatable bonds is 7. The van der Waals surface area contributed by atoms with Gasteiger partial charge in [-0.2, -0.15) is 13.2 Å². The number of likely N-dealkylation sites (tertiary alicyclic amines) is 1. The molecule has 1 saturated heterocycles. The van der Waals surface area contributed by atoms with Crippen LogP contribution in [0.4, 0.5) is 17.6 Å². The first-order valence-corrected chi connectivity index (χ1v) is 10.3. The van der Waals surface area contributed by atoms with E-state index in [9.17, 15) is 17.6 Å². The average molecular weight is 428 g/mol. The number of ether oxygens (including phenoxy) is 1. The van der Waals surface area contributed by atoms with Gasteiger partial charge in [0.05, 0.1) is 11.7 Å². The minimum atomic E-state index is -4.56. The van der Waals surface area contributed by atoms with E-state index in [0.29, 0.717) is 6.07 Å². The molecule has 0 spiro atoms. The Bertz CT molecular complexity index is 811. The highest BCUT2D eigenvalue weighted by Crippen LogP contribution is 2.32. The first-order chi connectivity index (χ1) is 13.7. The van der Waals surface area contributed by atoms with Gasteiger partial charge >= 0.3 is 6.18 Å². The molecule has 0 bridgehead atoms. The van der Waals surface area contributed by atoms with E-state index < -0.39 is 17.6 Å². The third kappa shape index (κ3) is 6.62. The summed E-state index contributed by atoms with van der Waals surface area (Å²) in [4.78, 5) is 2.50. The Balaban J connectivity index is 1.50. The second kappa shape index (κ2) is 9.36. The number of nitrogens with one attached hydrogen (secondary N) is 1. The summed E-state index contributed by atoms with van der Waals surface area (Å²) in [6.45, 7) is 6.43. The van der Waals surface area contributed by atoms with Crippen molar-refractivity contribution in [3.63, 3.8) is 0 Å². The molecule has 1 fully saturated rings. The van der Waals surface area contributed by atoms with Gasteiger partial charge in [-0.05, 0) is 68.1 Å². The molecule has 1 aliphatic heterocycles. The SMILES string of the molecule is CC(C)Oc1ccc(CN2CCC(NSc3cc(F)cc(C(F)(F)F)c3)C2)cc1. The molecule has 1 aliphatic rings. The second-order valence-electron chi connectivity index (χ2n) is 7.42.